The standard InChI is InChI=1S/C8H8FN3O/c9-7-4(3-10)1-2-5-6(7)8(11)12-13-5/h1-2H,3,10H2,(H2,11,12). The maximum Gasteiger partial charge on any atom is 0.177 e. The smallest absolute Gasteiger partial charge is 0.177 e. The molecule has 0 radical (unpaired) electrons. The fourth-order valence-corrected chi connectivity index (χ4v) is 1.22. The zero-order valence-electron chi connectivity index (χ0n) is 6.75. The fraction of sp³-hybridized carbons (Fsp3) is 0.125. The zero-order chi connectivity index (χ0) is 9.42. The van der Waals surface area contributed by atoms with Gasteiger partial charge in [-0.2, -0.15) is 0 Å². The lowest BCUT2D eigenvalue weighted by Crippen LogP contribution is -2.00. The van der Waals surface area contributed by atoms with E-state index in [9.17, 15) is 4.39 Å². The molecular weight excluding hydrogens is 173 g/mol. The van der Waals surface area contributed by atoms with Crippen molar-refractivity contribution in [2.75, 3.05) is 5.73 Å². The van der Waals surface area contributed by atoms with Crippen molar-refractivity contribution in [1.29, 1.82) is 0 Å². The van der Waals surface area contributed by atoms with Crippen LogP contribution in [0.15, 0.2) is 16.7 Å². The highest BCUT2D eigenvalue weighted by atomic mass is 19.1. The van der Waals surface area contributed by atoms with Gasteiger partial charge in [-0.15, -0.1) is 0 Å². The van der Waals surface area contributed by atoms with Crippen LogP contribution in [0.4, 0.5) is 10.2 Å². The van der Waals surface area contributed by atoms with Gasteiger partial charge < -0.3 is 16.0 Å². The van der Waals surface area contributed by atoms with E-state index in [-0.39, 0.29) is 17.7 Å². The van der Waals surface area contributed by atoms with Crippen LogP contribution in [-0.4, -0.2) is 5.16 Å². The number of nitrogen functional groups attached to an aromatic ring is 1. The first kappa shape index (κ1) is 8.00. The zero-order valence-corrected chi connectivity index (χ0v) is 6.75. The van der Waals surface area contributed by atoms with Gasteiger partial charge in [-0.3, -0.25) is 0 Å². The molecular formula is C8H8FN3O. The van der Waals surface area contributed by atoms with E-state index in [1.54, 1.807) is 12.1 Å². The molecule has 5 heteroatoms. The number of rotatable bonds is 1. The molecule has 1 aromatic carbocycles. The molecule has 0 unspecified atom stereocenters. The Labute approximate surface area is 73.3 Å². The Morgan fingerprint density at radius 1 is 1.46 bits per heavy atom. The third kappa shape index (κ3) is 1.05. The molecule has 0 aliphatic heterocycles. The van der Waals surface area contributed by atoms with E-state index < -0.39 is 5.82 Å². The van der Waals surface area contributed by atoms with Crippen molar-refractivity contribution in [2.24, 2.45) is 5.73 Å². The minimum absolute atomic E-state index is 0.0581. The molecule has 0 bridgehead atoms. The Kier molecular flexibility index (Phi) is 1.66. The Morgan fingerprint density at radius 3 is 2.92 bits per heavy atom. The van der Waals surface area contributed by atoms with Crippen molar-refractivity contribution in [3.8, 4) is 0 Å². The largest absolute Gasteiger partial charge is 0.380 e. The summed E-state index contributed by atoms with van der Waals surface area (Å²) in [6, 6.07) is 3.16. The summed E-state index contributed by atoms with van der Waals surface area (Å²) in [4.78, 5) is 0. The Balaban J connectivity index is 2.83. The van der Waals surface area contributed by atoms with Crippen molar-refractivity contribution in [3.63, 3.8) is 0 Å². The number of hydrogen-bond acceptors (Lipinski definition) is 4. The molecule has 0 atom stereocenters. The highest BCUT2D eigenvalue weighted by Crippen LogP contribution is 2.25. The first-order valence-electron chi connectivity index (χ1n) is 3.76. The van der Waals surface area contributed by atoms with Crippen LogP contribution in [0.2, 0.25) is 0 Å². The highest BCUT2D eigenvalue weighted by molar-refractivity contribution is 5.88. The van der Waals surface area contributed by atoms with Gasteiger partial charge in [0.25, 0.3) is 0 Å². The van der Waals surface area contributed by atoms with Crippen molar-refractivity contribution >= 4 is 16.8 Å². The average molecular weight is 181 g/mol. The van der Waals surface area contributed by atoms with Gasteiger partial charge in [-0.25, -0.2) is 4.39 Å². The number of hydrogen-bond donors (Lipinski definition) is 2. The molecule has 0 aliphatic rings. The maximum atomic E-state index is 13.5. The van der Waals surface area contributed by atoms with Crippen LogP contribution in [-0.2, 0) is 6.54 Å². The van der Waals surface area contributed by atoms with Crippen molar-refractivity contribution < 1.29 is 8.91 Å². The monoisotopic (exact) mass is 181 g/mol. The molecule has 0 spiro atoms. The lowest BCUT2D eigenvalue weighted by Gasteiger charge is -1.98. The number of anilines is 1. The number of nitrogens with zero attached hydrogens (tertiary/aromatic N) is 1. The molecule has 1 aromatic heterocycles. The Morgan fingerprint density at radius 2 is 2.23 bits per heavy atom. The van der Waals surface area contributed by atoms with Crippen LogP contribution in [0.3, 0.4) is 0 Å². The van der Waals surface area contributed by atoms with Gasteiger partial charge in [-0.1, -0.05) is 11.2 Å². The number of fused-ring (bicyclic) bond motifs is 1. The number of halogens is 1. The van der Waals surface area contributed by atoms with E-state index in [1.165, 1.54) is 0 Å². The summed E-state index contributed by atoms with van der Waals surface area (Å²) in [7, 11) is 0. The van der Waals surface area contributed by atoms with Crippen LogP contribution in [0.1, 0.15) is 5.56 Å². The first-order chi connectivity index (χ1) is 6.24. The van der Waals surface area contributed by atoms with E-state index in [1.807, 2.05) is 0 Å². The molecule has 0 saturated heterocycles. The van der Waals surface area contributed by atoms with Crippen molar-refractivity contribution in [3.05, 3.63) is 23.5 Å². The minimum Gasteiger partial charge on any atom is -0.380 e. The summed E-state index contributed by atoms with van der Waals surface area (Å²) in [6.07, 6.45) is 0. The predicted molar refractivity (Wildman–Crippen MR) is 46.3 cm³/mol. The normalized spacial score (nSPS) is 10.9. The highest BCUT2D eigenvalue weighted by Gasteiger charge is 2.13. The van der Waals surface area contributed by atoms with Crippen molar-refractivity contribution in [2.45, 2.75) is 6.54 Å². The van der Waals surface area contributed by atoms with Gasteiger partial charge in [0.1, 0.15) is 11.2 Å². The molecule has 0 aliphatic carbocycles. The van der Waals surface area contributed by atoms with Crippen molar-refractivity contribution in [1.82, 2.24) is 5.16 Å². The fourth-order valence-electron chi connectivity index (χ4n) is 1.22. The number of nitrogens with two attached hydrogens (primary N) is 2. The minimum atomic E-state index is -0.446. The molecule has 0 saturated carbocycles. The molecule has 0 fully saturated rings. The van der Waals surface area contributed by atoms with Gasteiger partial charge in [0.05, 0.1) is 0 Å². The summed E-state index contributed by atoms with van der Waals surface area (Å²) in [6.45, 7) is 0.131. The summed E-state index contributed by atoms with van der Waals surface area (Å²) in [5, 5.41) is 3.67. The van der Waals surface area contributed by atoms with E-state index in [0.29, 0.717) is 11.1 Å². The van der Waals surface area contributed by atoms with Gasteiger partial charge in [0.2, 0.25) is 0 Å². The molecule has 4 nitrogen and oxygen atoms in total. The lowest BCUT2D eigenvalue weighted by molar-refractivity contribution is 0.460. The summed E-state index contributed by atoms with van der Waals surface area (Å²) >= 11 is 0. The van der Waals surface area contributed by atoms with Crippen LogP contribution in [0.25, 0.3) is 11.0 Å². The third-order valence-corrected chi connectivity index (χ3v) is 1.90. The van der Waals surface area contributed by atoms with Crippen LogP contribution in [0, 0.1) is 5.82 Å². The van der Waals surface area contributed by atoms with Gasteiger partial charge >= 0.3 is 0 Å². The topological polar surface area (TPSA) is 78.1 Å². The second-order valence-electron chi connectivity index (χ2n) is 2.68. The molecule has 2 rings (SSSR count). The van der Waals surface area contributed by atoms with E-state index in [2.05, 4.69) is 5.16 Å². The Hall–Kier alpha value is -1.62. The van der Waals surface area contributed by atoms with E-state index >= 15 is 0 Å². The van der Waals surface area contributed by atoms with Crippen LogP contribution < -0.4 is 11.5 Å². The summed E-state index contributed by atoms with van der Waals surface area (Å²) < 4.78 is 18.3. The quantitative estimate of drug-likeness (QED) is 0.688. The molecule has 13 heavy (non-hydrogen) atoms. The van der Waals surface area contributed by atoms with Crippen LogP contribution >= 0.6 is 0 Å². The number of aromatic nitrogens is 1. The van der Waals surface area contributed by atoms with Gasteiger partial charge in [0.15, 0.2) is 11.4 Å². The average Bonchev–Trinajstić information content (AvgIpc) is 2.49. The SMILES string of the molecule is NCc1ccc2onc(N)c2c1F. The molecule has 0 amide bonds. The van der Waals surface area contributed by atoms with Gasteiger partial charge in [-0.05, 0) is 6.07 Å². The summed E-state index contributed by atoms with van der Waals surface area (Å²) in [5.74, 6) is -0.387. The molecule has 4 N–H and O–H groups in total. The lowest BCUT2D eigenvalue weighted by atomic mass is 10.1. The second-order valence-corrected chi connectivity index (χ2v) is 2.68. The predicted octanol–water partition coefficient (Wildman–Crippen LogP) is 1.01. The molecule has 1 heterocycles. The number of benzene rings is 1. The summed E-state index contributed by atoms with van der Waals surface area (Å²) in [5.41, 5.74) is 11.5. The van der Waals surface area contributed by atoms with Crippen LogP contribution in [0.5, 0.6) is 0 Å². The van der Waals surface area contributed by atoms with E-state index in [4.69, 9.17) is 16.0 Å². The second kappa shape index (κ2) is 2.70. The first-order valence-corrected chi connectivity index (χ1v) is 3.76. The van der Waals surface area contributed by atoms with Gasteiger partial charge in [0, 0.05) is 12.1 Å². The third-order valence-electron chi connectivity index (χ3n) is 1.90. The maximum absolute atomic E-state index is 13.5. The van der Waals surface area contributed by atoms with E-state index in [0.717, 1.165) is 0 Å². The Bertz CT molecular complexity index is 452. The molecule has 68 valence electrons. The molecule has 2 aromatic rings.